The maximum atomic E-state index is 11.0. The first kappa shape index (κ1) is 11.6. The van der Waals surface area contributed by atoms with Crippen LogP contribution in [0.4, 0.5) is 0 Å². The predicted molar refractivity (Wildman–Crippen MR) is 70.7 cm³/mol. The van der Waals surface area contributed by atoms with Gasteiger partial charge in [-0.1, -0.05) is 11.3 Å². The number of pyridine rings is 1. The molecule has 0 amide bonds. The summed E-state index contributed by atoms with van der Waals surface area (Å²) in [5.74, 6) is 0. The summed E-state index contributed by atoms with van der Waals surface area (Å²) in [6, 6.07) is 4.01. The lowest BCUT2D eigenvalue weighted by molar-refractivity contribution is 0.677. The molecule has 0 aromatic carbocycles. The second kappa shape index (κ2) is 4.99. The van der Waals surface area contributed by atoms with Crippen molar-refractivity contribution in [2.24, 2.45) is 0 Å². The molecule has 0 radical (unpaired) electrons. The van der Waals surface area contributed by atoms with Crippen LogP contribution in [0.25, 0.3) is 10.6 Å². The first-order valence-electron chi connectivity index (χ1n) is 6.06. The predicted octanol–water partition coefficient (Wildman–Crippen LogP) is 1.19. The van der Waals surface area contributed by atoms with Crippen LogP contribution in [0.1, 0.15) is 17.8 Å². The molecule has 1 fully saturated rings. The van der Waals surface area contributed by atoms with E-state index in [1.54, 1.807) is 23.6 Å². The Morgan fingerprint density at radius 1 is 1.39 bits per heavy atom. The minimum absolute atomic E-state index is 0.0999. The summed E-state index contributed by atoms with van der Waals surface area (Å²) in [7, 11) is 0. The fraction of sp³-hybridized carbons (Fsp3) is 0.417. The van der Waals surface area contributed by atoms with Crippen LogP contribution in [-0.2, 0) is 6.42 Å². The van der Waals surface area contributed by atoms with Crippen LogP contribution < -0.4 is 10.9 Å². The second-order valence-electron chi connectivity index (χ2n) is 4.42. The highest BCUT2D eigenvalue weighted by Gasteiger charge is 2.19. The number of H-pyrrole nitrogens is 1. The maximum absolute atomic E-state index is 11.0. The maximum Gasteiger partial charge on any atom is 0.247 e. The van der Waals surface area contributed by atoms with Crippen LogP contribution in [0.5, 0.6) is 0 Å². The van der Waals surface area contributed by atoms with Gasteiger partial charge in [-0.3, -0.25) is 4.79 Å². The molecule has 18 heavy (non-hydrogen) atoms. The zero-order chi connectivity index (χ0) is 12.4. The summed E-state index contributed by atoms with van der Waals surface area (Å²) in [5.41, 5.74) is 0.811. The smallest absolute Gasteiger partial charge is 0.247 e. The van der Waals surface area contributed by atoms with E-state index in [2.05, 4.69) is 20.5 Å². The number of rotatable bonds is 5. The van der Waals surface area contributed by atoms with Crippen molar-refractivity contribution in [1.29, 1.82) is 0 Å². The van der Waals surface area contributed by atoms with Crippen molar-refractivity contribution in [2.75, 3.05) is 6.54 Å². The highest BCUT2D eigenvalue weighted by Crippen LogP contribution is 2.22. The molecular formula is C12H14N4OS. The molecule has 3 rings (SSSR count). The molecule has 2 N–H and O–H groups in total. The van der Waals surface area contributed by atoms with Gasteiger partial charge in [-0.15, -0.1) is 10.2 Å². The van der Waals surface area contributed by atoms with Gasteiger partial charge in [0.05, 0.1) is 0 Å². The second-order valence-corrected chi connectivity index (χ2v) is 5.48. The lowest BCUT2D eigenvalue weighted by Gasteiger charge is -1.97. The quantitative estimate of drug-likeness (QED) is 0.849. The highest BCUT2D eigenvalue weighted by atomic mass is 32.1. The number of hydrogen-bond donors (Lipinski definition) is 2. The Kier molecular flexibility index (Phi) is 3.21. The molecule has 0 aliphatic heterocycles. The Labute approximate surface area is 108 Å². The van der Waals surface area contributed by atoms with Gasteiger partial charge >= 0.3 is 0 Å². The molecule has 0 saturated heterocycles. The van der Waals surface area contributed by atoms with Gasteiger partial charge < -0.3 is 10.3 Å². The lowest BCUT2D eigenvalue weighted by Crippen LogP contribution is -2.19. The summed E-state index contributed by atoms with van der Waals surface area (Å²) in [6.45, 7) is 0.963. The fourth-order valence-corrected chi connectivity index (χ4v) is 2.52. The van der Waals surface area contributed by atoms with E-state index < -0.39 is 0 Å². The zero-order valence-corrected chi connectivity index (χ0v) is 10.7. The van der Waals surface area contributed by atoms with Gasteiger partial charge in [-0.05, 0) is 18.9 Å². The van der Waals surface area contributed by atoms with Crippen molar-refractivity contribution in [1.82, 2.24) is 20.5 Å². The van der Waals surface area contributed by atoms with Crippen LogP contribution in [-0.4, -0.2) is 27.8 Å². The Morgan fingerprint density at radius 3 is 3.00 bits per heavy atom. The van der Waals surface area contributed by atoms with E-state index in [9.17, 15) is 4.79 Å². The minimum Gasteiger partial charge on any atom is -0.328 e. The minimum atomic E-state index is -0.0999. The van der Waals surface area contributed by atoms with E-state index in [0.29, 0.717) is 0 Å². The Balaban J connectivity index is 1.64. The normalized spacial score (nSPS) is 14.9. The number of aromatic nitrogens is 3. The van der Waals surface area contributed by atoms with Crippen LogP contribution in [0.3, 0.4) is 0 Å². The molecule has 94 valence electrons. The molecule has 1 saturated carbocycles. The summed E-state index contributed by atoms with van der Waals surface area (Å²) < 4.78 is 0. The number of hydrogen-bond acceptors (Lipinski definition) is 5. The third-order valence-electron chi connectivity index (χ3n) is 2.85. The summed E-state index contributed by atoms with van der Waals surface area (Å²) in [6.07, 6.45) is 5.20. The largest absolute Gasteiger partial charge is 0.328 e. The third kappa shape index (κ3) is 2.83. The molecule has 1 aliphatic carbocycles. The van der Waals surface area contributed by atoms with E-state index in [1.165, 1.54) is 18.9 Å². The molecule has 0 atom stereocenters. The van der Waals surface area contributed by atoms with Crippen molar-refractivity contribution in [2.45, 2.75) is 25.3 Å². The molecule has 2 aromatic heterocycles. The van der Waals surface area contributed by atoms with Gasteiger partial charge in [-0.25, -0.2) is 0 Å². The molecular weight excluding hydrogens is 248 g/mol. The van der Waals surface area contributed by atoms with Crippen LogP contribution in [0.15, 0.2) is 23.1 Å². The number of nitrogens with zero attached hydrogens (tertiary/aromatic N) is 2. The van der Waals surface area contributed by atoms with Gasteiger partial charge in [0.1, 0.15) is 10.0 Å². The Morgan fingerprint density at radius 2 is 2.28 bits per heavy atom. The average Bonchev–Trinajstić information content (AvgIpc) is 3.08. The topological polar surface area (TPSA) is 70.7 Å². The van der Waals surface area contributed by atoms with E-state index in [0.717, 1.165) is 34.6 Å². The molecule has 0 spiro atoms. The lowest BCUT2D eigenvalue weighted by atomic mass is 10.3. The van der Waals surface area contributed by atoms with Crippen molar-refractivity contribution in [3.63, 3.8) is 0 Å². The molecule has 2 aromatic rings. The molecule has 6 heteroatoms. The number of aromatic amines is 1. The van der Waals surface area contributed by atoms with Crippen molar-refractivity contribution < 1.29 is 0 Å². The molecule has 0 unspecified atom stereocenters. The van der Waals surface area contributed by atoms with Crippen LogP contribution >= 0.6 is 11.3 Å². The van der Waals surface area contributed by atoms with Gasteiger partial charge in [-0.2, -0.15) is 0 Å². The molecule has 5 nitrogen and oxygen atoms in total. The van der Waals surface area contributed by atoms with Crippen molar-refractivity contribution in [3.05, 3.63) is 33.7 Å². The monoisotopic (exact) mass is 262 g/mol. The summed E-state index contributed by atoms with van der Waals surface area (Å²) in [5, 5.41) is 13.7. The van der Waals surface area contributed by atoms with E-state index in [-0.39, 0.29) is 5.56 Å². The zero-order valence-electron chi connectivity index (χ0n) is 9.85. The molecule has 1 aliphatic rings. The molecule has 0 bridgehead atoms. The average molecular weight is 262 g/mol. The summed E-state index contributed by atoms with van der Waals surface area (Å²) >= 11 is 1.58. The van der Waals surface area contributed by atoms with Crippen LogP contribution in [0, 0.1) is 0 Å². The SMILES string of the molecule is O=c1ccc(-c2nnc(CCNC3CC3)s2)c[nH]1. The van der Waals surface area contributed by atoms with Crippen LogP contribution in [0.2, 0.25) is 0 Å². The Hall–Kier alpha value is -1.53. The number of nitrogens with one attached hydrogen (secondary N) is 2. The first-order valence-corrected chi connectivity index (χ1v) is 6.88. The third-order valence-corrected chi connectivity index (χ3v) is 3.88. The van der Waals surface area contributed by atoms with Gasteiger partial charge in [0.2, 0.25) is 5.56 Å². The van der Waals surface area contributed by atoms with Crippen molar-refractivity contribution in [3.8, 4) is 10.6 Å². The fourth-order valence-electron chi connectivity index (χ4n) is 1.69. The van der Waals surface area contributed by atoms with Crippen molar-refractivity contribution >= 4 is 11.3 Å². The van der Waals surface area contributed by atoms with E-state index >= 15 is 0 Å². The first-order chi connectivity index (χ1) is 8.81. The summed E-state index contributed by atoms with van der Waals surface area (Å²) in [4.78, 5) is 13.6. The van der Waals surface area contributed by atoms with E-state index in [1.807, 2.05) is 0 Å². The van der Waals surface area contributed by atoms with E-state index in [4.69, 9.17) is 0 Å². The van der Waals surface area contributed by atoms with Gasteiger partial charge in [0.25, 0.3) is 0 Å². The van der Waals surface area contributed by atoms with Gasteiger partial charge in [0, 0.05) is 36.8 Å². The molecule has 2 heterocycles. The Bertz CT molecular complexity index is 567. The van der Waals surface area contributed by atoms with Gasteiger partial charge in [0.15, 0.2) is 0 Å². The standard InChI is InChI=1S/C12H14N4OS/c17-10-4-1-8(7-14-10)12-16-15-11(18-12)5-6-13-9-2-3-9/h1,4,7,9,13H,2-3,5-6H2,(H,14,17). The highest BCUT2D eigenvalue weighted by molar-refractivity contribution is 7.14.